The summed E-state index contributed by atoms with van der Waals surface area (Å²) in [6.07, 6.45) is 0.0759. The smallest absolute Gasteiger partial charge is 0.343 e. The Kier molecular flexibility index (Phi) is 5.52. The van der Waals surface area contributed by atoms with Crippen molar-refractivity contribution in [3.63, 3.8) is 0 Å². The molecule has 0 aromatic heterocycles. The van der Waals surface area contributed by atoms with E-state index in [-0.39, 0.29) is 24.9 Å². The normalized spacial score (nSPS) is 11.9. The number of hydrogen-bond donors (Lipinski definition) is 1. The maximum Gasteiger partial charge on any atom is 0.343 e. The Labute approximate surface area is 118 Å². The Morgan fingerprint density at radius 3 is 2.14 bits per heavy atom. The van der Waals surface area contributed by atoms with E-state index >= 15 is 0 Å². The van der Waals surface area contributed by atoms with Crippen molar-refractivity contribution in [2.45, 2.75) is 20.3 Å². The number of Topliss-reactive ketones (excluding diaryl/α,β-unsaturated/α-hetero) is 1. The van der Waals surface area contributed by atoms with Gasteiger partial charge in [-0.25, -0.2) is 18.0 Å². The summed E-state index contributed by atoms with van der Waals surface area (Å²) in [5, 5.41) is 9.10. The number of halogens is 3. The number of ether oxygens (including phenoxy) is 1. The van der Waals surface area contributed by atoms with Gasteiger partial charge in [0.2, 0.25) is 5.78 Å². The molecule has 0 spiro atoms. The topological polar surface area (TPSA) is 63.6 Å². The van der Waals surface area contributed by atoms with Crippen LogP contribution >= 0.6 is 0 Å². The summed E-state index contributed by atoms with van der Waals surface area (Å²) in [6.45, 7) is 3.23. The van der Waals surface area contributed by atoms with Gasteiger partial charge in [-0.3, -0.25) is 4.79 Å². The van der Waals surface area contributed by atoms with Crippen LogP contribution < -0.4 is 0 Å². The molecule has 21 heavy (non-hydrogen) atoms. The van der Waals surface area contributed by atoms with E-state index in [0.717, 1.165) is 0 Å². The molecule has 0 heterocycles. The molecule has 0 aliphatic heterocycles. The molecule has 1 aromatic rings. The van der Waals surface area contributed by atoms with Crippen molar-refractivity contribution < 1.29 is 32.6 Å². The second-order valence-corrected chi connectivity index (χ2v) is 3.97. The molecule has 0 bridgehead atoms. The van der Waals surface area contributed by atoms with Crippen molar-refractivity contribution >= 4 is 11.8 Å². The lowest BCUT2D eigenvalue weighted by Gasteiger charge is -2.11. The molecular weight excluding hydrogens is 289 g/mol. The number of carboxylic acids is 1. The van der Waals surface area contributed by atoms with E-state index in [9.17, 15) is 22.8 Å². The molecule has 1 rings (SSSR count). The fourth-order valence-corrected chi connectivity index (χ4v) is 1.70. The number of aliphatic carboxylic acids is 1. The Hall–Kier alpha value is -2.31. The van der Waals surface area contributed by atoms with Gasteiger partial charge in [-0.1, -0.05) is 6.92 Å². The van der Waals surface area contributed by atoms with Gasteiger partial charge in [-0.05, 0) is 13.0 Å². The van der Waals surface area contributed by atoms with E-state index in [2.05, 4.69) is 0 Å². The summed E-state index contributed by atoms with van der Waals surface area (Å²) in [7, 11) is 0. The maximum absolute atomic E-state index is 13.6. The largest absolute Gasteiger partial charge is 0.497 e. The molecule has 0 unspecified atom stereocenters. The van der Waals surface area contributed by atoms with E-state index in [1.165, 1.54) is 0 Å². The second-order valence-electron chi connectivity index (χ2n) is 3.97. The number of ketones is 1. The van der Waals surface area contributed by atoms with Gasteiger partial charge in [-0.2, -0.15) is 0 Å². The fraction of sp³-hybridized carbons (Fsp3) is 0.286. The molecule has 1 aromatic carbocycles. The van der Waals surface area contributed by atoms with Gasteiger partial charge in [0.05, 0.1) is 12.2 Å². The minimum Gasteiger partial charge on any atom is -0.497 e. The molecule has 0 fully saturated rings. The fourth-order valence-electron chi connectivity index (χ4n) is 1.70. The van der Waals surface area contributed by atoms with Crippen LogP contribution in [0.25, 0.3) is 0 Å². The van der Waals surface area contributed by atoms with Crippen molar-refractivity contribution in [2.75, 3.05) is 6.61 Å². The van der Waals surface area contributed by atoms with Gasteiger partial charge < -0.3 is 9.84 Å². The summed E-state index contributed by atoms with van der Waals surface area (Å²) in [5.41, 5.74) is -1.67. The Morgan fingerprint density at radius 1 is 1.10 bits per heavy atom. The molecule has 4 nitrogen and oxygen atoms in total. The summed E-state index contributed by atoms with van der Waals surface area (Å²) in [5.74, 6) is -7.31. The average molecular weight is 302 g/mol. The van der Waals surface area contributed by atoms with Gasteiger partial charge in [-0.15, -0.1) is 0 Å². The molecule has 1 N–H and O–H groups in total. The highest BCUT2D eigenvalue weighted by Crippen LogP contribution is 2.21. The lowest BCUT2D eigenvalue weighted by atomic mass is 10.0. The lowest BCUT2D eigenvalue weighted by molar-refractivity contribution is -0.132. The van der Waals surface area contributed by atoms with Gasteiger partial charge in [0.1, 0.15) is 17.1 Å². The molecule has 0 amide bonds. The molecule has 0 atom stereocenters. The van der Waals surface area contributed by atoms with Crippen LogP contribution in [0.5, 0.6) is 0 Å². The molecule has 114 valence electrons. The van der Waals surface area contributed by atoms with Gasteiger partial charge in [0, 0.05) is 12.5 Å². The van der Waals surface area contributed by atoms with Crippen LogP contribution in [0, 0.1) is 17.5 Å². The van der Waals surface area contributed by atoms with E-state index < -0.39 is 40.3 Å². The zero-order valence-corrected chi connectivity index (χ0v) is 11.4. The third-order valence-electron chi connectivity index (χ3n) is 2.61. The zero-order valence-electron chi connectivity index (χ0n) is 11.4. The molecule has 0 saturated heterocycles. The van der Waals surface area contributed by atoms with E-state index in [1.54, 1.807) is 13.8 Å². The van der Waals surface area contributed by atoms with Gasteiger partial charge in [0.25, 0.3) is 0 Å². The number of allylic oxidation sites excluding steroid dienone is 1. The van der Waals surface area contributed by atoms with Crippen LogP contribution in [0.15, 0.2) is 23.5 Å². The first-order valence-electron chi connectivity index (χ1n) is 6.11. The first-order chi connectivity index (χ1) is 9.83. The van der Waals surface area contributed by atoms with Crippen molar-refractivity contribution in [2.24, 2.45) is 0 Å². The highest BCUT2D eigenvalue weighted by molar-refractivity contribution is 6.24. The zero-order chi connectivity index (χ0) is 16.2. The Bertz CT molecular complexity index is 608. The number of benzene rings is 1. The number of carbonyl (C=O) groups excluding carboxylic acids is 1. The number of carboxylic acid groups (broad SMARTS) is 1. The summed E-state index contributed by atoms with van der Waals surface area (Å²) in [4.78, 5) is 23.3. The maximum atomic E-state index is 13.6. The van der Waals surface area contributed by atoms with Crippen LogP contribution in [0.3, 0.4) is 0 Å². The van der Waals surface area contributed by atoms with Crippen LogP contribution in [0.4, 0.5) is 13.2 Å². The van der Waals surface area contributed by atoms with Crippen molar-refractivity contribution in [1.29, 1.82) is 0 Å². The number of carbonyl (C=O) groups is 2. The number of rotatable bonds is 6. The van der Waals surface area contributed by atoms with Gasteiger partial charge >= 0.3 is 5.97 Å². The second kappa shape index (κ2) is 6.92. The van der Waals surface area contributed by atoms with E-state index in [0.29, 0.717) is 6.07 Å². The molecule has 7 heteroatoms. The highest BCUT2D eigenvalue weighted by atomic mass is 19.2. The molecule has 0 aliphatic rings. The molecule has 0 saturated carbocycles. The van der Waals surface area contributed by atoms with E-state index in [1.807, 2.05) is 0 Å². The first-order valence-corrected chi connectivity index (χ1v) is 6.11. The van der Waals surface area contributed by atoms with Crippen LogP contribution in [0.2, 0.25) is 0 Å². The summed E-state index contributed by atoms with van der Waals surface area (Å²) < 4.78 is 44.6. The predicted molar refractivity (Wildman–Crippen MR) is 67.2 cm³/mol. The third-order valence-corrected chi connectivity index (χ3v) is 2.61. The van der Waals surface area contributed by atoms with Crippen molar-refractivity contribution in [1.82, 2.24) is 0 Å². The number of hydrogen-bond acceptors (Lipinski definition) is 3. The van der Waals surface area contributed by atoms with Crippen molar-refractivity contribution in [3.8, 4) is 0 Å². The monoisotopic (exact) mass is 302 g/mol. The highest BCUT2D eigenvalue weighted by Gasteiger charge is 2.27. The molecular formula is C14H13F3O4. The van der Waals surface area contributed by atoms with E-state index in [4.69, 9.17) is 9.84 Å². The molecule has 0 aliphatic carbocycles. The lowest BCUT2D eigenvalue weighted by Crippen LogP contribution is -2.18. The minimum absolute atomic E-state index is 0.0759. The predicted octanol–water partition coefficient (Wildman–Crippen LogP) is 3.07. The first kappa shape index (κ1) is 16.7. The standard InChI is InChI=1S/C14H13F3O4/c1-3-11(21-4-2)12(14(19)20)13(18)7-5-9(16)10(17)6-8(7)15/h5-6H,3-4H2,1-2H3,(H,19,20). The Balaban J connectivity index is 3.44. The Morgan fingerprint density at radius 2 is 1.67 bits per heavy atom. The SMILES string of the molecule is CCOC(CC)=C(C(=O)O)C(=O)c1cc(F)c(F)cc1F. The van der Waals surface area contributed by atoms with Crippen LogP contribution in [-0.4, -0.2) is 23.5 Å². The minimum atomic E-state index is -1.63. The summed E-state index contributed by atoms with van der Waals surface area (Å²) >= 11 is 0. The average Bonchev–Trinajstić information content (AvgIpc) is 2.41. The molecule has 0 radical (unpaired) electrons. The quantitative estimate of drug-likeness (QED) is 0.219. The summed E-state index contributed by atoms with van der Waals surface area (Å²) in [6, 6.07) is 0.517. The third kappa shape index (κ3) is 3.62. The van der Waals surface area contributed by atoms with Crippen LogP contribution in [-0.2, 0) is 9.53 Å². The van der Waals surface area contributed by atoms with Crippen molar-refractivity contribution in [3.05, 3.63) is 46.5 Å². The van der Waals surface area contributed by atoms with Gasteiger partial charge in [0.15, 0.2) is 11.6 Å². The van der Waals surface area contributed by atoms with Crippen LogP contribution in [0.1, 0.15) is 30.6 Å².